The Bertz CT molecular complexity index is 594. The van der Waals surface area contributed by atoms with Crippen LogP contribution in [0.1, 0.15) is 32.3 Å². The average Bonchev–Trinajstić information content (AvgIpc) is 3.13. The van der Waals surface area contributed by atoms with E-state index >= 15 is 0 Å². The van der Waals surface area contributed by atoms with E-state index in [0.717, 1.165) is 24.8 Å². The fraction of sp³-hybridized carbons (Fsp3) is 0.562. The third-order valence-electron chi connectivity index (χ3n) is 3.80. The van der Waals surface area contributed by atoms with E-state index in [1.807, 2.05) is 6.07 Å². The number of carbonyl (C=O) groups is 1. The summed E-state index contributed by atoms with van der Waals surface area (Å²) in [7, 11) is 0. The second kappa shape index (κ2) is 5.63. The van der Waals surface area contributed by atoms with Crippen molar-refractivity contribution in [2.75, 3.05) is 18.5 Å². The first-order valence-corrected chi connectivity index (χ1v) is 7.96. The van der Waals surface area contributed by atoms with Crippen LogP contribution in [-0.4, -0.2) is 40.8 Å². The molecule has 2 aliphatic rings. The molecule has 2 amide bonds. The number of anilines is 1. The van der Waals surface area contributed by atoms with Gasteiger partial charge in [0.1, 0.15) is 5.75 Å². The van der Waals surface area contributed by atoms with Crippen LogP contribution in [-0.2, 0) is 6.42 Å². The smallest absolute Gasteiger partial charge is 0.322 e. The van der Waals surface area contributed by atoms with Crippen LogP contribution in [0.3, 0.4) is 0 Å². The van der Waals surface area contributed by atoms with Crippen LogP contribution in [0.25, 0.3) is 0 Å². The first kappa shape index (κ1) is 15.4. The molecule has 1 aliphatic heterocycles. The molecule has 1 heterocycles. The Labute approximate surface area is 135 Å². The van der Waals surface area contributed by atoms with E-state index in [1.54, 1.807) is 24.8 Å². The number of halogens is 1. The molecule has 0 spiro atoms. The normalized spacial score (nSPS) is 16.9. The number of nitrogens with one attached hydrogen (secondary N) is 1. The Morgan fingerprint density at radius 1 is 1.50 bits per heavy atom. The van der Waals surface area contributed by atoms with Crippen LogP contribution >= 0.6 is 11.6 Å². The lowest BCUT2D eigenvalue weighted by molar-refractivity contribution is 0.0467. The highest BCUT2D eigenvalue weighted by atomic mass is 35.5. The minimum absolute atomic E-state index is 0.208. The quantitative estimate of drug-likeness (QED) is 0.895. The zero-order valence-electron chi connectivity index (χ0n) is 12.9. The van der Waals surface area contributed by atoms with Gasteiger partial charge in [0, 0.05) is 23.0 Å². The molecule has 0 atom stereocenters. The van der Waals surface area contributed by atoms with E-state index < -0.39 is 5.60 Å². The average molecular weight is 325 g/mol. The molecular formula is C16H21ClN2O3. The number of fused-ring (bicyclic) bond motifs is 1. The summed E-state index contributed by atoms with van der Waals surface area (Å²) in [5.74, 6) is 0.705. The second-order valence-electron chi connectivity index (χ2n) is 6.64. The van der Waals surface area contributed by atoms with E-state index in [9.17, 15) is 9.90 Å². The molecule has 3 rings (SSSR count). The van der Waals surface area contributed by atoms with E-state index in [2.05, 4.69) is 5.32 Å². The number of carbonyl (C=O) groups excluding carboxylic acids is 1. The van der Waals surface area contributed by atoms with Crippen LogP contribution in [0.2, 0.25) is 5.02 Å². The van der Waals surface area contributed by atoms with Crippen molar-refractivity contribution >= 4 is 23.3 Å². The summed E-state index contributed by atoms with van der Waals surface area (Å²) in [6, 6.07) is 3.57. The van der Waals surface area contributed by atoms with Gasteiger partial charge in [0.25, 0.3) is 0 Å². The second-order valence-corrected chi connectivity index (χ2v) is 7.08. The molecule has 0 aromatic heterocycles. The Morgan fingerprint density at radius 3 is 2.86 bits per heavy atom. The summed E-state index contributed by atoms with van der Waals surface area (Å²) < 4.78 is 5.60. The van der Waals surface area contributed by atoms with Gasteiger partial charge in [0.2, 0.25) is 0 Å². The molecule has 0 radical (unpaired) electrons. The van der Waals surface area contributed by atoms with Gasteiger partial charge in [0.05, 0.1) is 24.4 Å². The van der Waals surface area contributed by atoms with Crippen molar-refractivity contribution in [2.24, 2.45) is 0 Å². The number of hydrogen-bond acceptors (Lipinski definition) is 3. The fourth-order valence-electron chi connectivity index (χ4n) is 2.72. The van der Waals surface area contributed by atoms with Crippen molar-refractivity contribution in [3.63, 3.8) is 0 Å². The largest absolute Gasteiger partial charge is 0.491 e. The van der Waals surface area contributed by atoms with E-state index in [1.165, 1.54) is 0 Å². The van der Waals surface area contributed by atoms with Gasteiger partial charge in [0.15, 0.2) is 0 Å². The standard InChI is InChI=1S/C16H21ClN2O3/c1-16(2,21)9-19(12-3-4-12)15(20)18-13-8-11(17)7-10-5-6-22-14(10)13/h7-8,12,21H,3-6,9H2,1-2H3,(H,18,20). The minimum atomic E-state index is -0.924. The van der Waals surface area contributed by atoms with Gasteiger partial charge in [-0.2, -0.15) is 0 Å². The highest BCUT2D eigenvalue weighted by molar-refractivity contribution is 6.31. The highest BCUT2D eigenvalue weighted by Crippen LogP contribution is 2.37. The number of rotatable bonds is 4. The number of urea groups is 1. The highest BCUT2D eigenvalue weighted by Gasteiger charge is 2.36. The maximum Gasteiger partial charge on any atom is 0.322 e. The molecule has 1 aliphatic carbocycles. The number of amides is 2. The Balaban J connectivity index is 1.78. The van der Waals surface area contributed by atoms with Gasteiger partial charge >= 0.3 is 6.03 Å². The van der Waals surface area contributed by atoms with Gasteiger partial charge in [-0.25, -0.2) is 4.79 Å². The zero-order valence-corrected chi connectivity index (χ0v) is 13.6. The summed E-state index contributed by atoms with van der Waals surface area (Å²) in [6.07, 6.45) is 2.76. The molecule has 6 heteroatoms. The molecule has 120 valence electrons. The zero-order chi connectivity index (χ0) is 15.9. The molecule has 1 fully saturated rings. The summed E-state index contributed by atoms with van der Waals surface area (Å²) in [5.41, 5.74) is 0.696. The summed E-state index contributed by atoms with van der Waals surface area (Å²) in [6.45, 7) is 4.31. The van der Waals surface area contributed by atoms with Crippen molar-refractivity contribution < 1.29 is 14.6 Å². The van der Waals surface area contributed by atoms with Crippen molar-refractivity contribution in [3.8, 4) is 5.75 Å². The fourth-order valence-corrected chi connectivity index (χ4v) is 2.96. The molecule has 0 unspecified atom stereocenters. The van der Waals surface area contributed by atoms with Crippen LogP contribution < -0.4 is 10.1 Å². The Kier molecular flexibility index (Phi) is 3.95. The summed E-state index contributed by atoms with van der Waals surface area (Å²) in [5, 5.41) is 13.5. The van der Waals surface area contributed by atoms with Crippen molar-refractivity contribution in [1.29, 1.82) is 0 Å². The molecule has 22 heavy (non-hydrogen) atoms. The number of ether oxygens (including phenoxy) is 1. The molecule has 1 aromatic carbocycles. The van der Waals surface area contributed by atoms with Gasteiger partial charge in [-0.1, -0.05) is 11.6 Å². The van der Waals surface area contributed by atoms with Gasteiger partial charge < -0.3 is 20.1 Å². The van der Waals surface area contributed by atoms with Crippen molar-refractivity contribution in [1.82, 2.24) is 4.90 Å². The minimum Gasteiger partial charge on any atom is -0.491 e. The van der Waals surface area contributed by atoms with Crippen LogP contribution in [0.4, 0.5) is 10.5 Å². The predicted molar refractivity (Wildman–Crippen MR) is 85.7 cm³/mol. The SMILES string of the molecule is CC(C)(O)CN(C(=O)Nc1cc(Cl)cc2c1OCC2)C1CC1. The third kappa shape index (κ3) is 3.47. The topological polar surface area (TPSA) is 61.8 Å². The van der Waals surface area contributed by atoms with Crippen molar-refractivity contribution in [3.05, 3.63) is 22.7 Å². The first-order chi connectivity index (χ1) is 10.3. The van der Waals surface area contributed by atoms with Crippen LogP contribution in [0, 0.1) is 0 Å². The molecule has 1 saturated carbocycles. The number of hydrogen-bond donors (Lipinski definition) is 2. The molecule has 2 N–H and O–H groups in total. The monoisotopic (exact) mass is 324 g/mol. The van der Waals surface area contributed by atoms with Crippen LogP contribution in [0.15, 0.2) is 12.1 Å². The summed E-state index contributed by atoms with van der Waals surface area (Å²) >= 11 is 6.11. The summed E-state index contributed by atoms with van der Waals surface area (Å²) in [4.78, 5) is 14.3. The predicted octanol–water partition coefficient (Wildman–Crippen LogP) is 3.04. The molecule has 1 aromatic rings. The Morgan fingerprint density at radius 2 is 2.23 bits per heavy atom. The van der Waals surface area contributed by atoms with E-state index in [4.69, 9.17) is 16.3 Å². The van der Waals surface area contributed by atoms with E-state index in [0.29, 0.717) is 29.6 Å². The Hall–Kier alpha value is -1.46. The van der Waals surface area contributed by atoms with E-state index in [-0.39, 0.29) is 12.1 Å². The van der Waals surface area contributed by atoms with Crippen LogP contribution in [0.5, 0.6) is 5.75 Å². The lowest BCUT2D eigenvalue weighted by atomic mass is 10.1. The lowest BCUT2D eigenvalue weighted by Crippen LogP contribution is -2.45. The number of aliphatic hydroxyl groups is 1. The number of benzene rings is 1. The third-order valence-corrected chi connectivity index (χ3v) is 4.01. The molecule has 5 nitrogen and oxygen atoms in total. The van der Waals surface area contributed by atoms with Gasteiger partial charge in [-0.15, -0.1) is 0 Å². The van der Waals surface area contributed by atoms with Crippen molar-refractivity contribution in [2.45, 2.75) is 44.8 Å². The molecule has 0 bridgehead atoms. The lowest BCUT2D eigenvalue weighted by Gasteiger charge is -2.29. The van der Waals surface area contributed by atoms with Gasteiger partial charge in [-0.3, -0.25) is 0 Å². The first-order valence-electron chi connectivity index (χ1n) is 7.59. The maximum atomic E-state index is 12.6. The molecular weight excluding hydrogens is 304 g/mol. The molecule has 0 saturated heterocycles. The number of nitrogens with zero attached hydrogens (tertiary/aromatic N) is 1. The van der Waals surface area contributed by atoms with Gasteiger partial charge in [-0.05, 0) is 38.8 Å². The maximum absolute atomic E-state index is 12.6.